The molecule has 4 aromatic rings. The molecule has 33 heavy (non-hydrogen) atoms. The molecule has 5 nitrogen and oxygen atoms in total. The number of benzene rings is 2. The Kier molecular flexibility index (Phi) is 5.07. The van der Waals surface area contributed by atoms with Crippen molar-refractivity contribution in [2.45, 2.75) is 12.8 Å². The van der Waals surface area contributed by atoms with E-state index in [0.29, 0.717) is 18.8 Å². The minimum Gasteiger partial charge on any atom is -0.490 e. The van der Waals surface area contributed by atoms with Crippen molar-refractivity contribution in [2.24, 2.45) is 0 Å². The number of carbonyl (C=O) groups excluding carboxylic acids is 1. The van der Waals surface area contributed by atoms with Crippen LogP contribution in [-0.4, -0.2) is 30.5 Å². The fourth-order valence-electron chi connectivity index (χ4n) is 4.40. The van der Waals surface area contributed by atoms with Gasteiger partial charge in [0.25, 0.3) is 0 Å². The number of aromatic nitrogens is 1. The summed E-state index contributed by atoms with van der Waals surface area (Å²) in [5.41, 5.74) is 5.26. The summed E-state index contributed by atoms with van der Waals surface area (Å²) in [6.07, 6.45) is 3.45. The molecule has 6 rings (SSSR count). The molecule has 0 bridgehead atoms. The zero-order chi connectivity index (χ0) is 22.2. The van der Waals surface area contributed by atoms with Gasteiger partial charge >= 0.3 is 0 Å². The van der Waals surface area contributed by atoms with Gasteiger partial charge in [0.15, 0.2) is 17.3 Å². The highest BCUT2D eigenvalue weighted by atomic mass is 32.1. The number of hydrogen-bond acceptors (Lipinski definition) is 6. The summed E-state index contributed by atoms with van der Waals surface area (Å²) in [7, 11) is 0. The van der Waals surface area contributed by atoms with Gasteiger partial charge in [-0.15, -0.1) is 11.3 Å². The fourth-order valence-corrected chi connectivity index (χ4v) is 5.09. The van der Waals surface area contributed by atoms with Crippen LogP contribution in [0.5, 0.6) is 11.5 Å². The van der Waals surface area contributed by atoms with Gasteiger partial charge in [-0.1, -0.05) is 24.3 Å². The van der Waals surface area contributed by atoms with Crippen LogP contribution < -0.4 is 14.8 Å². The minimum absolute atomic E-state index is 0.0473. The van der Waals surface area contributed by atoms with E-state index in [1.54, 1.807) is 17.4 Å². The third-order valence-electron chi connectivity index (χ3n) is 6.00. The maximum Gasteiger partial charge on any atom is 0.188 e. The molecule has 2 aliphatic heterocycles. The molecule has 2 aliphatic rings. The van der Waals surface area contributed by atoms with E-state index in [1.807, 2.05) is 53.9 Å². The van der Waals surface area contributed by atoms with Gasteiger partial charge in [0.05, 0.1) is 29.3 Å². The first kappa shape index (κ1) is 20.0. The van der Waals surface area contributed by atoms with Gasteiger partial charge in [0, 0.05) is 41.3 Å². The Morgan fingerprint density at radius 2 is 1.88 bits per heavy atom. The first-order valence-corrected chi connectivity index (χ1v) is 12.0. The quantitative estimate of drug-likeness (QED) is 0.327. The Balaban J connectivity index is 1.44. The first-order valence-electron chi connectivity index (χ1n) is 11.1. The second-order valence-corrected chi connectivity index (χ2v) is 9.10. The highest BCUT2D eigenvalue weighted by molar-refractivity contribution is 7.13. The minimum atomic E-state index is -0.0473. The molecule has 0 unspecified atom stereocenters. The number of hydrogen-bond donors (Lipinski definition) is 1. The molecule has 1 N–H and O–H groups in total. The van der Waals surface area contributed by atoms with E-state index < -0.39 is 0 Å². The summed E-state index contributed by atoms with van der Waals surface area (Å²) >= 11 is 1.62. The van der Waals surface area contributed by atoms with Crippen LogP contribution >= 0.6 is 11.3 Å². The average Bonchev–Trinajstić information content (AvgIpc) is 3.29. The third kappa shape index (κ3) is 3.76. The lowest BCUT2D eigenvalue weighted by Crippen LogP contribution is -2.23. The lowest BCUT2D eigenvalue weighted by Gasteiger charge is -2.23. The maximum atomic E-state index is 13.6. The fraction of sp³-hybridized carbons (Fsp3) is 0.185. The molecule has 0 atom stereocenters. The predicted octanol–water partition coefficient (Wildman–Crippen LogP) is 5.49. The number of fused-ring (bicyclic) bond motifs is 3. The summed E-state index contributed by atoms with van der Waals surface area (Å²) in [4.78, 5) is 19.4. The van der Waals surface area contributed by atoms with Crippen molar-refractivity contribution >= 4 is 33.7 Å². The number of rotatable bonds is 3. The largest absolute Gasteiger partial charge is 0.490 e. The monoisotopic (exact) mass is 454 g/mol. The summed E-state index contributed by atoms with van der Waals surface area (Å²) in [5.74, 6) is 1.48. The highest BCUT2D eigenvalue weighted by Gasteiger charge is 2.21. The lowest BCUT2D eigenvalue weighted by atomic mass is 9.95. The van der Waals surface area contributed by atoms with Crippen LogP contribution in [0.15, 0.2) is 66.1 Å². The lowest BCUT2D eigenvalue weighted by molar-refractivity contribution is 0.104. The summed E-state index contributed by atoms with van der Waals surface area (Å²) in [6.45, 7) is 2.06. The smallest absolute Gasteiger partial charge is 0.188 e. The number of para-hydroxylation sites is 1. The number of nitrogens with one attached hydrogen (secondary N) is 1. The zero-order valence-electron chi connectivity index (χ0n) is 18.0. The van der Waals surface area contributed by atoms with E-state index in [9.17, 15) is 4.79 Å². The first-order chi connectivity index (χ1) is 16.3. The summed E-state index contributed by atoms with van der Waals surface area (Å²) in [6, 6.07) is 17.8. The number of ketones is 1. The van der Waals surface area contributed by atoms with Gasteiger partial charge in [0.1, 0.15) is 0 Å². The Labute approximate surface area is 195 Å². The second kappa shape index (κ2) is 8.37. The molecular formula is C27H22N2O3S. The Bertz CT molecular complexity index is 1390. The van der Waals surface area contributed by atoms with Crippen LogP contribution in [-0.2, 0) is 6.42 Å². The van der Waals surface area contributed by atoms with E-state index in [2.05, 4.69) is 11.4 Å². The third-order valence-corrected chi connectivity index (χ3v) is 6.90. The van der Waals surface area contributed by atoms with Crippen LogP contribution in [0.2, 0.25) is 0 Å². The molecule has 2 aromatic heterocycles. The van der Waals surface area contributed by atoms with Gasteiger partial charge in [-0.05, 0) is 47.7 Å². The van der Waals surface area contributed by atoms with Crippen molar-refractivity contribution in [2.75, 3.05) is 19.8 Å². The molecule has 0 radical (unpaired) electrons. The Morgan fingerprint density at radius 1 is 1.03 bits per heavy atom. The van der Waals surface area contributed by atoms with Crippen molar-refractivity contribution in [3.63, 3.8) is 0 Å². The number of nitrogens with zero attached hydrogens (tertiary/aromatic N) is 1. The summed E-state index contributed by atoms with van der Waals surface area (Å²) in [5, 5.41) is 6.30. The standard InChI is InChI=1S/C27H22N2O3S/c30-24(20-14-23(27-7-3-12-33-27)29-21-6-2-1-5-18(20)21)16-22-19-15-26-25(31-10-4-11-32-26)13-17(19)8-9-28-22/h1-3,5-7,12-16,28H,4,8-11H2. The topological polar surface area (TPSA) is 60.5 Å². The van der Waals surface area contributed by atoms with Gasteiger partial charge in [0.2, 0.25) is 0 Å². The number of allylic oxidation sites excluding steroid dienone is 1. The van der Waals surface area contributed by atoms with Crippen LogP contribution in [0.3, 0.4) is 0 Å². The number of thiophene rings is 1. The van der Waals surface area contributed by atoms with E-state index in [0.717, 1.165) is 69.2 Å². The van der Waals surface area contributed by atoms with Crippen molar-refractivity contribution in [3.05, 3.63) is 82.7 Å². The predicted molar refractivity (Wildman–Crippen MR) is 131 cm³/mol. The SMILES string of the molecule is O=C(C=C1NCCc2cc3c(cc21)OCCCO3)c1cc(-c2cccs2)nc2ccccc12. The highest BCUT2D eigenvalue weighted by Crippen LogP contribution is 2.37. The molecule has 0 fully saturated rings. The van der Waals surface area contributed by atoms with E-state index >= 15 is 0 Å². The number of pyridine rings is 1. The molecule has 0 aliphatic carbocycles. The van der Waals surface area contributed by atoms with Gasteiger partial charge in [-0.2, -0.15) is 0 Å². The normalized spacial score (nSPS) is 16.2. The van der Waals surface area contributed by atoms with E-state index in [1.165, 1.54) is 0 Å². The van der Waals surface area contributed by atoms with Crippen molar-refractivity contribution in [1.29, 1.82) is 0 Å². The number of ether oxygens (including phenoxy) is 2. The molecule has 2 aromatic carbocycles. The van der Waals surface area contributed by atoms with Gasteiger partial charge in [-0.3, -0.25) is 4.79 Å². The Hall–Kier alpha value is -3.64. The van der Waals surface area contributed by atoms with Crippen LogP contribution in [0.1, 0.15) is 27.9 Å². The van der Waals surface area contributed by atoms with Crippen LogP contribution in [0.25, 0.3) is 27.2 Å². The number of carbonyl (C=O) groups is 1. The second-order valence-electron chi connectivity index (χ2n) is 8.16. The van der Waals surface area contributed by atoms with Crippen molar-refractivity contribution < 1.29 is 14.3 Å². The zero-order valence-corrected chi connectivity index (χ0v) is 18.8. The summed E-state index contributed by atoms with van der Waals surface area (Å²) < 4.78 is 11.8. The molecule has 164 valence electrons. The van der Waals surface area contributed by atoms with Crippen molar-refractivity contribution in [1.82, 2.24) is 10.3 Å². The molecule has 0 saturated carbocycles. The van der Waals surface area contributed by atoms with Gasteiger partial charge < -0.3 is 14.8 Å². The molecule has 6 heteroatoms. The average molecular weight is 455 g/mol. The molecule has 0 saturated heterocycles. The maximum absolute atomic E-state index is 13.6. The van der Waals surface area contributed by atoms with E-state index in [4.69, 9.17) is 14.5 Å². The molecule has 0 amide bonds. The van der Waals surface area contributed by atoms with Crippen LogP contribution in [0.4, 0.5) is 0 Å². The van der Waals surface area contributed by atoms with Gasteiger partial charge in [-0.25, -0.2) is 4.98 Å². The van der Waals surface area contributed by atoms with Crippen molar-refractivity contribution in [3.8, 4) is 22.1 Å². The molecular weight excluding hydrogens is 432 g/mol. The molecule has 0 spiro atoms. The van der Waals surface area contributed by atoms with E-state index in [-0.39, 0.29) is 5.78 Å². The molecule has 4 heterocycles. The Morgan fingerprint density at radius 3 is 2.73 bits per heavy atom. The van der Waals surface area contributed by atoms with Crippen LogP contribution in [0, 0.1) is 0 Å².